The third-order valence-corrected chi connectivity index (χ3v) is 4.10. The molecule has 1 atom stereocenters. The van der Waals surface area contributed by atoms with Crippen molar-refractivity contribution in [2.24, 2.45) is 5.92 Å². The third kappa shape index (κ3) is 6.20. The fourth-order valence-corrected chi connectivity index (χ4v) is 2.96. The summed E-state index contributed by atoms with van der Waals surface area (Å²) in [4.78, 5) is 2.34. The number of halogens is 3. The van der Waals surface area contributed by atoms with E-state index in [4.69, 9.17) is 9.47 Å². The first kappa shape index (κ1) is 18.9. The normalized spacial score (nSPS) is 19.3. The van der Waals surface area contributed by atoms with Crippen LogP contribution in [0.1, 0.15) is 18.4 Å². The summed E-state index contributed by atoms with van der Waals surface area (Å²) >= 11 is 0. The van der Waals surface area contributed by atoms with Gasteiger partial charge in [0.25, 0.3) is 0 Å². The zero-order valence-corrected chi connectivity index (χ0v) is 14.2. The summed E-state index contributed by atoms with van der Waals surface area (Å²) in [6.07, 6.45) is -1.91. The van der Waals surface area contributed by atoms with Crippen LogP contribution in [0.25, 0.3) is 0 Å². The molecule has 1 heterocycles. The molecule has 0 spiro atoms. The molecule has 4 nitrogen and oxygen atoms in total. The molecule has 0 aromatic heterocycles. The van der Waals surface area contributed by atoms with Crippen molar-refractivity contribution in [1.82, 2.24) is 10.2 Å². The van der Waals surface area contributed by atoms with Gasteiger partial charge in [0, 0.05) is 13.1 Å². The minimum atomic E-state index is -4.36. The van der Waals surface area contributed by atoms with Crippen molar-refractivity contribution in [3.63, 3.8) is 0 Å². The van der Waals surface area contributed by atoms with Gasteiger partial charge in [0.2, 0.25) is 0 Å². The summed E-state index contributed by atoms with van der Waals surface area (Å²) in [6.45, 7) is 2.51. The van der Waals surface area contributed by atoms with E-state index in [-0.39, 0.29) is 5.75 Å². The quantitative estimate of drug-likeness (QED) is 0.823. The highest BCUT2D eigenvalue weighted by atomic mass is 19.4. The second-order valence-corrected chi connectivity index (χ2v) is 6.29. The summed E-state index contributed by atoms with van der Waals surface area (Å²) in [6, 6.07) is 5.00. The molecular weight excluding hydrogens is 321 g/mol. The van der Waals surface area contributed by atoms with Gasteiger partial charge in [0.05, 0.1) is 7.11 Å². The van der Waals surface area contributed by atoms with E-state index in [0.29, 0.717) is 18.2 Å². The Morgan fingerprint density at radius 3 is 2.75 bits per heavy atom. The van der Waals surface area contributed by atoms with E-state index in [1.165, 1.54) is 26.0 Å². The topological polar surface area (TPSA) is 33.7 Å². The Kier molecular flexibility index (Phi) is 6.74. The molecule has 0 bridgehead atoms. The van der Waals surface area contributed by atoms with Gasteiger partial charge >= 0.3 is 6.18 Å². The molecule has 0 aliphatic carbocycles. The highest BCUT2D eigenvalue weighted by molar-refractivity contribution is 5.43. The molecule has 7 heteroatoms. The molecule has 1 aromatic carbocycles. The van der Waals surface area contributed by atoms with Crippen molar-refractivity contribution in [3.8, 4) is 11.5 Å². The maximum Gasteiger partial charge on any atom is 0.422 e. The number of alkyl halides is 3. The van der Waals surface area contributed by atoms with E-state index in [1.807, 2.05) is 0 Å². The van der Waals surface area contributed by atoms with E-state index in [0.717, 1.165) is 25.2 Å². The first-order valence-corrected chi connectivity index (χ1v) is 8.13. The fraction of sp³-hybridized carbons (Fsp3) is 0.647. The van der Waals surface area contributed by atoms with Crippen molar-refractivity contribution < 1.29 is 22.6 Å². The van der Waals surface area contributed by atoms with Gasteiger partial charge in [-0.05, 0) is 56.6 Å². The third-order valence-electron chi connectivity index (χ3n) is 4.10. The smallest absolute Gasteiger partial charge is 0.422 e. The first-order chi connectivity index (χ1) is 11.4. The lowest BCUT2D eigenvalue weighted by atomic mass is 9.98. The Balaban J connectivity index is 1.84. The van der Waals surface area contributed by atoms with Crippen LogP contribution in [0.3, 0.4) is 0 Å². The number of piperidine rings is 1. The minimum absolute atomic E-state index is 0.104. The second-order valence-electron chi connectivity index (χ2n) is 6.29. The molecular formula is C17H25F3N2O2. The maximum atomic E-state index is 12.2. The van der Waals surface area contributed by atoms with Crippen molar-refractivity contribution in [2.75, 3.05) is 40.4 Å². The number of hydrogen-bond donors (Lipinski definition) is 1. The number of hydrogen-bond acceptors (Lipinski definition) is 4. The van der Waals surface area contributed by atoms with E-state index in [1.54, 1.807) is 12.1 Å². The van der Waals surface area contributed by atoms with Gasteiger partial charge in [0.1, 0.15) is 0 Å². The maximum absolute atomic E-state index is 12.2. The highest BCUT2D eigenvalue weighted by Gasteiger charge is 2.29. The molecule has 0 saturated carbocycles. The molecule has 1 aliphatic rings. The molecule has 0 amide bonds. The number of methoxy groups -OCH3 is 1. The lowest BCUT2D eigenvalue weighted by Crippen LogP contribution is -2.37. The van der Waals surface area contributed by atoms with Crippen molar-refractivity contribution in [1.29, 1.82) is 0 Å². The van der Waals surface area contributed by atoms with Crippen LogP contribution >= 0.6 is 0 Å². The summed E-state index contributed by atoms with van der Waals surface area (Å²) in [5.41, 5.74) is 0.954. The fourth-order valence-electron chi connectivity index (χ4n) is 2.96. The lowest BCUT2D eigenvalue weighted by molar-refractivity contribution is -0.153. The number of nitrogens with one attached hydrogen (secondary N) is 1. The number of benzene rings is 1. The molecule has 24 heavy (non-hydrogen) atoms. The Labute approximate surface area is 140 Å². The number of likely N-dealkylation sites (tertiary alicyclic amines) is 1. The zero-order valence-electron chi connectivity index (χ0n) is 14.2. The Morgan fingerprint density at radius 1 is 1.29 bits per heavy atom. The van der Waals surface area contributed by atoms with Crippen LogP contribution in [-0.2, 0) is 6.54 Å². The average molecular weight is 346 g/mol. The van der Waals surface area contributed by atoms with Crippen molar-refractivity contribution in [2.45, 2.75) is 25.6 Å². The van der Waals surface area contributed by atoms with Crippen LogP contribution in [0, 0.1) is 5.92 Å². The van der Waals surface area contributed by atoms with Crippen LogP contribution in [-0.4, -0.2) is 51.5 Å². The minimum Gasteiger partial charge on any atom is -0.493 e. The van der Waals surface area contributed by atoms with Gasteiger partial charge in [-0.1, -0.05) is 6.07 Å². The summed E-state index contributed by atoms with van der Waals surface area (Å²) in [5, 5.41) is 3.42. The van der Waals surface area contributed by atoms with Gasteiger partial charge in [-0.25, -0.2) is 0 Å². The predicted octanol–water partition coefficient (Wildman–Crippen LogP) is 3.07. The molecule has 1 unspecified atom stereocenters. The lowest BCUT2D eigenvalue weighted by Gasteiger charge is -2.29. The predicted molar refractivity (Wildman–Crippen MR) is 86.5 cm³/mol. The average Bonchev–Trinajstić information content (AvgIpc) is 2.52. The first-order valence-electron chi connectivity index (χ1n) is 8.13. The molecule has 0 radical (unpaired) electrons. The molecule has 1 N–H and O–H groups in total. The van der Waals surface area contributed by atoms with E-state index >= 15 is 0 Å². The standard InChI is InChI=1S/C17H25F3N2O2/c1-22-7-3-4-14(11-22)10-21-9-13-5-6-15(16(8-13)23-2)24-12-17(18,19)20/h5-6,8,14,21H,3-4,7,9-12H2,1-2H3. The number of nitrogens with zero attached hydrogens (tertiary/aromatic N) is 1. The molecule has 1 aliphatic heterocycles. The zero-order chi connectivity index (χ0) is 17.6. The number of rotatable bonds is 7. The highest BCUT2D eigenvalue weighted by Crippen LogP contribution is 2.29. The van der Waals surface area contributed by atoms with E-state index in [9.17, 15) is 13.2 Å². The molecule has 136 valence electrons. The molecule has 1 saturated heterocycles. The van der Waals surface area contributed by atoms with Gasteiger partial charge in [0.15, 0.2) is 18.1 Å². The van der Waals surface area contributed by atoms with E-state index in [2.05, 4.69) is 17.3 Å². The monoisotopic (exact) mass is 346 g/mol. The summed E-state index contributed by atoms with van der Waals surface area (Å²) in [5.74, 6) is 1.06. The van der Waals surface area contributed by atoms with Crippen LogP contribution < -0.4 is 14.8 Å². The largest absolute Gasteiger partial charge is 0.493 e. The molecule has 1 aromatic rings. The molecule has 2 rings (SSSR count). The Hall–Kier alpha value is -1.47. The van der Waals surface area contributed by atoms with Gasteiger partial charge < -0.3 is 19.7 Å². The van der Waals surface area contributed by atoms with Crippen molar-refractivity contribution >= 4 is 0 Å². The Bertz CT molecular complexity index is 523. The number of ether oxygens (including phenoxy) is 2. The van der Waals surface area contributed by atoms with E-state index < -0.39 is 12.8 Å². The van der Waals surface area contributed by atoms with Crippen LogP contribution in [0.4, 0.5) is 13.2 Å². The van der Waals surface area contributed by atoms with Gasteiger partial charge in [-0.2, -0.15) is 13.2 Å². The second kappa shape index (κ2) is 8.58. The van der Waals surface area contributed by atoms with Gasteiger partial charge in [-0.15, -0.1) is 0 Å². The van der Waals surface area contributed by atoms with Gasteiger partial charge in [-0.3, -0.25) is 0 Å². The molecule has 1 fully saturated rings. The summed E-state index contributed by atoms with van der Waals surface area (Å²) < 4.78 is 46.7. The SMILES string of the molecule is COc1cc(CNCC2CCCN(C)C2)ccc1OCC(F)(F)F. The van der Waals surface area contributed by atoms with Crippen molar-refractivity contribution in [3.05, 3.63) is 23.8 Å². The van der Waals surface area contributed by atoms with Crippen LogP contribution in [0.15, 0.2) is 18.2 Å². The van der Waals surface area contributed by atoms with Crippen LogP contribution in [0.2, 0.25) is 0 Å². The summed E-state index contributed by atoms with van der Waals surface area (Å²) in [7, 11) is 3.56. The van der Waals surface area contributed by atoms with Crippen LogP contribution in [0.5, 0.6) is 11.5 Å². The Morgan fingerprint density at radius 2 is 2.08 bits per heavy atom.